The molecule has 1 amide bonds. The number of carbonyl (C=O) groups excluding carboxylic acids is 1. The van der Waals surface area contributed by atoms with Gasteiger partial charge in [-0.15, -0.1) is 17.8 Å². The van der Waals surface area contributed by atoms with Crippen LogP contribution in [0.15, 0.2) is 75.9 Å². The monoisotopic (exact) mass is 634 g/mol. The van der Waals surface area contributed by atoms with Crippen molar-refractivity contribution in [3.05, 3.63) is 71.0 Å². The smallest absolute Gasteiger partial charge is 0.253 e. The standard InChI is InChI=1S/C18H15N5O.C18H2.HN5O.6H2/c19-16-15-2-1-11(7-12(15)3-5-20-16)9-23-18(24)14-8-13-4-6-21-17(13)22-10-14;1-3-5-7-9-11-13-15-17-18-16-14-12-10-8-6-4-2;1-2-3-4-5-6;;;;;;/h1-8,10H,9H2,(H2,19,20)(H,21,22)(H,23,24);1-2H;1H;6*1H/b;;2-1?,4-3+;;;;;;. The number of nitrogens with one attached hydrogen (secondary N) is 3. The van der Waals surface area contributed by atoms with Crippen molar-refractivity contribution < 1.29 is 13.4 Å². The number of fused-ring (bicyclic) bond motifs is 2. The van der Waals surface area contributed by atoms with Crippen LogP contribution >= 0.6 is 0 Å². The van der Waals surface area contributed by atoms with Crippen molar-refractivity contribution in [3.63, 3.8) is 0 Å². The number of nitrogen functional groups attached to an aromatic ring is 1. The van der Waals surface area contributed by atoms with Crippen molar-refractivity contribution in [2.75, 3.05) is 5.73 Å². The van der Waals surface area contributed by atoms with Gasteiger partial charge in [0.2, 0.25) is 0 Å². The average Bonchev–Trinajstić information content (AvgIpc) is 3.59. The maximum absolute atomic E-state index is 12.3. The van der Waals surface area contributed by atoms with Crippen LogP contribution in [0.1, 0.15) is 24.5 Å². The van der Waals surface area contributed by atoms with Crippen LogP contribution < -0.4 is 11.1 Å². The Kier molecular flexibility index (Phi) is 16.4. The summed E-state index contributed by atoms with van der Waals surface area (Å²) in [6.07, 6.45) is 14.8. The molecule has 4 rings (SSSR count). The quantitative estimate of drug-likeness (QED) is 0.0983. The van der Waals surface area contributed by atoms with E-state index in [0.717, 1.165) is 27.4 Å². The molecule has 0 fully saturated rings. The summed E-state index contributed by atoms with van der Waals surface area (Å²) < 4.78 is 0. The number of nitroso groups, excluding NO2 is 1. The lowest BCUT2D eigenvalue weighted by atomic mass is 10.1. The van der Waals surface area contributed by atoms with E-state index in [0.29, 0.717) is 17.9 Å². The van der Waals surface area contributed by atoms with Crippen molar-refractivity contribution in [1.82, 2.24) is 20.3 Å². The Hall–Kier alpha value is -8.57. The number of amides is 1. The molecule has 48 heavy (non-hydrogen) atoms. The lowest BCUT2D eigenvalue weighted by Gasteiger charge is -2.07. The van der Waals surface area contributed by atoms with Crippen LogP contribution in [0.3, 0.4) is 0 Å². The molecule has 3 aromatic heterocycles. The molecule has 0 aliphatic heterocycles. The maximum atomic E-state index is 12.3. The number of carbonyl (C=O) groups is 1. The second kappa shape index (κ2) is 22.0. The number of benzene rings is 1. The van der Waals surface area contributed by atoms with Gasteiger partial charge in [-0.2, -0.15) is 5.53 Å². The number of rotatable bonds is 5. The summed E-state index contributed by atoms with van der Waals surface area (Å²) in [5.41, 5.74) is 14.0. The second-order valence-electron chi connectivity index (χ2n) is 7.97. The Labute approximate surface area is 284 Å². The summed E-state index contributed by atoms with van der Waals surface area (Å²) in [7, 11) is 0. The summed E-state index contributed by atoms with van der Waals surface area (Å²) in [4.78, 5) is 32.5. The van der Waals surface area contributed by atoms with Crippen LogP contribution in [-0.4, -0.2) is 20.9 Å². The summed E-state index contributed by atoms with van der Waals surface area (Å²) in [6, 6.07) is 11.5. The third-order valence-corrected chi connectivity index (χ3v) is 5.05. The zero-order valence-corrected chi connectivity index (χ0v) is 24.6. The van der Waals surface area contributed by atoms with Gasteiger partial charge in [-0.25, -0.2) is 9.97 Å². The molecule has 12 nitrogen and oxygen atoms in total. The van der Waals surface area contributed by atoms with Crippen molar-refractivity contribution >= 4 is 33.5 Å². The van der Waals surface area contributed by atoms with E-state index in [-0.39, 0.29) is 14.5 Å². The lowest BCUT2D eigenvalue weighted by Crippen LogP contribution is -2.22. The van der Waals surface area contributed by atoms with Gasteiger partial charge in [0.1, 0.15) is 16.8 Å². The summed E-state index contributed by atoms with van der Waals surface area (Å²) >= 11 is 0. The largest absolute Gasteiger partial charge is 0.383 e. The number of nitrogens with zero attached hydrogens (tertiary/aromatic N) is 6. The topological polar surface area (TPSA) is 187 Å². The van der Waals surface area contributed by atoms with E-state index in [1.807, 2.05) is 41.7 Å². The van der Waals surface area contributed by atoms with Crippen LogP contribution in [-0.2, 0) is 6.54 Å². The highest BCUT2D eigenvalue weighted by molar-refractivity contribution is 5.97. The molecule has 0 atom stereocenters. The minimum atomic E-state index is -0.153. The van der Waals surface area contributed by atoms with Crippen molar-refractivity contribution in [2.24, 2.45) is 21.0 Å². The molecular formula is C36H30N10O2. The highest BCUT2D eigenvalue weighted by atomic mass is 16.3. The first kappa shape index (κ1) is 35.6. The van der Waals surface area contributed by atoms with Gasteiger partial charge in [0.25, 0.3) is 5.91 Å². The van der Waals surface area contributed by atoms with E-state index in [1.54, 1.807) is 18.6 Å². The number of pyridine rings is 2. The van der Waals surface area contributed by atoms with Gasteiger partial charge in [0.15, 0.2) is 0 Å². The van der Waals surface area contributed by atoms with Gasteiger partial charge in [-0.1, -0.05) is 12.1 Å². The van der Waals surface area contributed by atoms with Crippen molar-refractivity contribution in [2.45, 2.75) is 6.54 Å². The predicted molar refractivity (Wildman–Crippen MR) is 194 cm³/mol. The maximum Gasteiger partial charge on any atom is 0.253 e. The number of aromatic amines is 1. The van der Waals surface area contributed by atoms with E-state index in [2.05, 4.69) is 131 Å². The van der Waals surface area contributed by atoms with Gasteiger partial charge in [-0.3, -0.25) is 4.79 Å². The van der Waals surface area contributed by atoms with Crippen LogP contribution in [0.4, 0.5) is 5.82 Å². The van der Waals surface area contributed by atoms with Crippen LogP contribution in [0.25, 0.3) is 21.8 Å². The zero-order chi connectivity index (χ0) is 34.7. The molecule has 12 heteroatoms. The SMILES string of the molecule is C#CC#CC#CC#CC#CC#CC#CC#CC#C.N=N/N=N/N=O.Nc1nccc2cc(CNC(=O)c3cnc4[nH]ccc4c3)ccc12.[HH].[HH].[HH].[HH].[HH].[HH]. The van der Waals surface area contributed by atoms with Crippen LogP contribution in [0.5, 0.6) is 0 Å². The van der Waals surface area contributed by atoms with Crippen molar-refractivity contribution in [3.8, 4) is 108 Å². The highest BCUT2D eigenvalue weighted by Gasteiger charge is 2.08. The third-order valence-electron chi connectivity index (χ3n) is 5.05. The van der Waals surface area contributed by atoms with Gasteiger partial charge >= 0.3 is 0 Å². The molecule has 0 saturated carbocycles. The lowest BCUT2D eigenvalue weighted by molar-refractivity contribution is 0.0950. The Morgan fingerprint density at radius 1 is 0.833 bits per heavy atom. The molecule has 4 aromatic rings. The Balaban J connectivity index is -0.000000241. The Morgan fingerprint density at radius 2 is 1.44 bits per heavy atom. The molecule has 5 N–H and O–H groups in total. The van der Waals surface area contributed by atoms with Gasteiger partial charge in [0, 0.05) is 49.7 Å². The number of anilines is 1. The molecule has 0 saturated heterocycles. The average molecular weight is 635 g/mol. The van der Waals surface area contributed by atoms with E-state index < -0.39 is 0 Å². The third kappa shape index (κ3) is 13.6. The highest BCUT2D eigenvalue weighted by Crippen LogP contribution is 2.20. The number of nitrogens with two attached hydrogens (primary N) is 1. The first-order valence-electron chi connectivity index (χ1n) is 12.9. The van der Waals surface area contributed by atoms with Crippen LogP contribution in [0.2, 0.25) is 0 Å². The zero-order valence-electron chi connectivity index (χ0n) is 24.6. The van der Waals surface area contributed by atoms with Gasteiger partial charge in [0.05, 0.1) is 5.56 Å². The minimum Gasteiger partial charge on any atom is -0.383 e. The van der Waals surface area contributed by atoms with E-state index in [4.69, 9.17) is 29.0 Å². The summed E-state index contributed by atoms with van der Waals surface area (Å²) in [5.74, 6) is 38.6. The number of terminal acetylenes is 2. The van der Waals surface area contributed by atoms with Crippen molar-refractivity contribution in [1.29, 1.82) is 5.53 Å². The molecule has 0 unspecified atom stereocenters. The summed E-state index contributed by atoms with van der Waals surface area (Å²) in [6.45, 7) is 0.433. The molecule has 1 aromatic carbocycles. The fraction of sp³-hybridized carbons (Fsp3) is 0.0278. The van der Waals surface area contributed by atoms with E-state index >= 15 is 0 Å². The molecule has 236 valence electrons. The molecule has 0 spiro atoms. The number of H-pyrrole nitrogens is 1. The number of hydrogen-bond donors (Lipinski definition) is 4. The van der Waals surface area contributed by atoms with Gasteiger partial charge in [-0.05, 0) is 140 Å². The number of aromatic nitrogens is 3. The number of hydrogen-bond acceptors (Lipinski definition) is 6. The minimum absolute atomic E-state index is 0. The molecule has 3 heterocycles. The molecular weight excluding hydrogens is 604 g/mol. The van der Waals surface area contributed by atoms with E-state index in [1.165, 1.54) is 0 Å². The Bertz CT molecular complexity index is 2340. The second-order valence-corrected chi connectivity index (χ2v) is 7.97. The first-order valence-corrected chi connectivity index (χ1v) is 12.9. The summed E-state index contributed by atoms with van der Waals surface area (Å²) in [5, 5.41) is 15.0. The molecule has 0 aliphatic carbocycles. The Morgan fingerprint density at radius 3 is 1.98 bits per heavy atom. The van der Waals surface area contributed by atoms with E-state index in [9.17, 15) is 4.79 Å². The van der Waals surface area contributed by atoms with Gasteiger partial charge < -0.3 is 16.0 Å². The predicted octanol–water partition coefficient (Wildman–Crippen LogP) is 5.44. The fourth-order valence-corrected chi connectivity index (χ4v) is 3.19. The first-order chi connectivity index (χ1) is 23.5. The molecule has 0 bridgehead atoms. The van der Waals surface area contributed by atoms with Crippen LogP contribution in [0, 0.1) is 118 Å². The fourth-order valence-electron chi connectivity index (χ4n) is 3.19. The molecule has 0 radical (unpaired) electrons. The molecule has 0 aliphatic rings. The normalized spacial score (nSPS) is 7.96.